The van der Waals surface area contributed by atoms with E-state index < -0.39 is 0 Å². The van der Waals surface area contributed by atoms with Crippen molar-refractivity contribution < 1.29 is 0 Å². The summed E-state index contributed by atoms with van der Waals surface area (Å²) in [6.07, 6.45) is 0. The molecule has 0 aromatic heterocycles. The van der Waals surface area contributed by atoms with E-state index in [9.17, 15) is 0 Å². The monoisotopic (exact) mass is 757 g/mol. The van der Waals surface area contributed by atoms with Gasteiger partial charge in [0.1, 0.15) is 0 Å². The first-order valence-corrected chi connectivity index (χ1v) is 20.6. The van der Waals surface area contributed by atoms with Crippen molar-refractivity contribution in [3.63, 3.8) is 0 Å². The summed E-state index contributed by atoms with van der Waals surface area (Å²) < 4.78 is 0. The fourth-order valence-corrected chi connectivity index (χ4v) is 9.73. The van der Waals surface area contributed by atoms with Crippen LogP contribution in [-0.2, 0) is 5.41 Å². The molecule has 1 aliphatic carbocycles. The van der Waals surface area contributed by atoms with Gasteiger partial charge in [0.25, 0.3) is 0 Å². The third-order valence-corrected chi connectivity index (χ3v) is 12.5. The lowest BCUT2D eigenvalue weighted by Crippen LogP contribution is -2.37. The van der Waals surface area contributed by atoms with Crippen molar-refractivity contribution in [2.45, 2.75) is 25.3 Å². The Kier molecular flexibility index (Phi) is 8.32. The highest BCUT2D eigenvalue weighted by Crippen LogP contribution is 2.58. The zero-order valence-electron chi connectivity index (χ0n) is 33.2. The second kappa shape index (κ2) is 14.0. The molecule has 0 radical (unpaired) electrons. The summed E-state index contributed by atoms with van der Waals surface area (Å²) in [6, 6.07) is 77.3. The van der Waals surface area contributed by atoms with E-state index in [1.54, 1.807) is 0 Å². The maximum Gasteiger partial charge on any atom is 0.0897 e. The van der Waals surface area contributed by atoms with Crippen molar-refractivity contribution in [2.75, 3.05) is 4.90 Å². The zero-order chi connectivity index (χ0) is 39.5. The van der Waals surface area contributed by atoms with Crippen LogP contribution in [0.5, 0.6) is 0 Å². The number of nitrogens with one attached hydrogen (secondary N) is 1. The Bertz CT molecular complexity index is 2910. The first kappa shape index (κ1) is 35.0. The summed E-state index contributed by atoms with van der Waals surface area (Å²) in [4.78, 5) is 2.55. The largest absolute Gasteiger partial charge is 0.307 e. The number of anilines is 2. The summed E-state index contributed by atoms with van der Waals surface area (Å²) >= 11 is 0. The van der Waals surface area contributed by atoms with Crippen LogP contribution in [0, 0.1) is 0 Å². The van der Waals surface area contributed by atoms with Gasteiger partial charge in [-0.05, 0) is 57.1 Å². The van der Waals surface area contributed by atoms with Gasteiger partial charge in [0.15, 0.2) is 0 Å². The van der Waals surface area contributed by atoms with Gasteiger partial charge in [-0.15, -0.1) is 0 Å². The van der Waals surface area contributed by atoms with E-state index in [-0.39, 0.29) is 11.5 Å². The van der Waals surface area contributed by atoms with Gasteiger partial charge in [0, 0.05) is 38.9 Å². The highest BCUT2D eigenvalue weighted by molar-refractivity contribution is 6.13. The molecule has 3 heteroatoms. The maximum absolute atomic E-state index is 4.12. The molecular formula is C56H43N3. The van der Waals surface area contributed by atoms with E-state index in [1.165, 1.54) is 66.9 Å². The van der Waals surface area contributed by atoms with Crippen LogP contribution in [0.15, 0.2) is 212 Å². The minimum Gasteiger partial charge on any atom is -0.307 e. The van der Waals surface area contributed by atoms with Crippen molar-refractivity contribution >= 4 is 34.0 Å². The number of hydrazine groups is 1. The van der Waals surface area contributed by atoms with Crippen molar-refractivity contribution in [1.82, 2.24) is 10.4 Å². The molecule has 3 aliphatic rings. The average Bonchev–Trinajstić information content (AvgIpc) is 3.81. The van der Waals surface area contributed by atoms with Crippen LogP contribution in [0.1, 0.15) is 58.8 Å². The molecule has 2 heterocycles. The molecule has 0 fully saturated rings. The molecule has 282 valence electrons. The first-order chi connectivity index (χ1) is 29.1. The fraction of sp³-hybridized carbons (Fsp3) is 0.0714. The van der Waals surface area contributed by atoms with Crippen LogP contribution in [0.3, 0.4) is 0 Å². The van der Waals surface area contributed by atoms with Crippen LogP contribution in [0.2, 0.25) is 0 Å². The molecule has 1 unspecified atom stereocenters. The lowest BCUT2D eigenvalue weighted by Gasteiger charge is -2.40. The van der Waals surface area contributed by atoms with Crippen LogP contribution in [-0.4, -0.2) is 5.01 Å². The predicted molar refractivity (Wildman–Crippen MR) is 245 cm³/mol. The third kappa shape index (κ3) is 5.61. The minimum absolute atomic E-state index is 0.0908. The maximum atomic E-state index is 4.12. The fourth-order valence-electron chi connectivity index (χ4n) is 9.73. The molecule has 2 aliphatic heterocycles. The Morgan fingerprint density at radius 2 is 0.966 bits per heavy atom. The Balaban J connectivity index is 1.25. The topological polar surface area (TPSA) is 18.5 Å². The van der Waals surface area contributed by atoms with E-state index >= 15 is 0 Å². The van der Waals surface area contributed by atoms with Gasteiger partial charge < -0.3 is 4.90 Å². The van der Waals surface area contributed by atoms with Crippen molar-refractivity contribution in [3.05, 3.63) is 251 Å². The van der Waals surface area contributed by atoms with Gasteiger partial charge in [0.05, 0.1) is 28.8 Å². The van der Waals surface area contributed by atoms with Gasteiger partial charge in [0.2, 0.25) is 0 Å². The van der Waals surface area contributed by atoms with E-state index in [0.29, 0.717) is 0 Å². The average molecular weight is 758 g/mol. The Labute approximate surface area is 346 Å². The van der Waals surface area contributed by atoms with Crippen LogP contribution >= 0.6 is 0 Å². The summed E-state index contributed by atoms with van der Waals surface area (Å²) in [5.41, 5.74) is 24.4. The predicted octanol–water partition coefficient (Wildman–Crippen LogP) is 13.8. The summed E-state index contributed by atoms with van der Waals surface area (Å²) in [5.74, 6) is 0. The van der Waals surface area contributed by atoms with Gasteiger partial charge in [-0.1, -0.05) is 208 Å². The van der Waals surface area contributed by atoms with Crippen LogP contribution in [0.4, 0.5) is 11.4 Å². The third-order valence-electron chi connectivity index (χ3n) is 12.5. The SMILES string of the molecule is CC1(C)c2ccccc2-c2c(N(C3=C(c4ccccc4)N4NC(c5ccccc5)C(c5ccccc5)=C4c4ccccc43)c3ccc(-c4ccccc4)cc3)cccc21. The molecule has 0 bridgehead atoms. The van der Waals surface area contributed by atoms with E-state index in [1.807, 2.05) is 0 Å². The zero-order valence-corrected chi connectivity index (χ0v) is 33.2. The molecule has 0 spiro atoms. The Hall–Kier alpha value is -7.20. The molecule has 0 amide bonds. The van der Waals surface area contributed by atoms with Gasteiger partial charge in [-0.25, -0.2) is 5.43 Å². The number of nitrogens with zero attached hydrogens (tertiary/aromatic N) is 2. The second-order valence-corrected chi connectivity index (χ2v) is 16.2. The molecule has 0 saturated carbocycles. The Morgan fingerprint density at radius 1 is 0.441 bits per heavy atom. The molecule has 11 rings (SSSR count). The lowest BCUT2D eigenvalue weighted by molar-refractivity contribution is 0.403. The number of benzene rings is 8. The molecular weight excluding hydrogens is 715 g/mol. The standard InChI is InChI=1S/C56H43N3/c1-56(2)47-31-18-17-30-46(47)51-48(56)32-19-33-49(51)58(43-36-34-39(35-37-43)38-20-7-3-8-21-38)55-45-29-16-15-28-44(45)54-50(40-22-9-4-10-23-40)52(41-24-11-5-12-25-41)57-59(54)53(55)42-26-13-6-14-27-42/h3-37,52,57H,1-2H3. The smallest absolute Gasteiger partial charge is 0.0897 e. The number of hydrogen-bond acceptors (Lipinski definition) is 3. The molecule has 3 nitrogen and oxygen atoms in total. The van der Waals surface area contributed by atoms with Crippen molar-refractivity contribution in [3.8, 4) is 22.3 Å². The van der Waals surface area contributed by atoms with Crippen LogP contribution < -0.4 is 10.3 Å². The molecule has 1 atom stereocenters. The molecule has 59 heavy (non-hydrogen) atoms. The van der Waals surface area contributed by atoms with Gasteiger partial charge in [-0.3, -0.25) is 5.01 Å². The minimum atomic E-state index is -0.161. The van der Waals surface area contributed by atoms with E-state index in [0.717, 1.165) is 28.3 Å². The highest BCUT2D eigenvalue weighted by Gasteiger charge is 2.44. The van der Waals surface area contributed by atoms with Crippen molar-refractivity contribution in [2.24, 2.45) is 0 Å². The summed E-state index contributed by atoms with van der Waals surface area (Å²) in [7, 11) is 0. The van der Waals surface area contributed by atoms with Gasteiger partial charge in [-0.2, -0.15) is 0 Å². The molecule has 0 saturated heterocycles. The van der Waals surface area contributed by atoms with Crippen molar-refractivity contribution in [1.29, 1.82) is 0 Å². The first-order valence-electron chi connectivity index (χ1n) is 20.6. The number of fused-ring (bicyclic) bond motifs is 6. The van der Waals surface area contributed by atoms with E-state index in [2.05, 4.69) is 242 Å². The normalized spacial score (nSPS) is 16.0. The second-order valence-electron chi connectivity index (χ2n) is 16.2. The highest BCUT2D eigenvalue weighted by atomic mass is 15.6. The molecule has 1 N–H and O–H groups in total. The Morgan fingerprint density at radius 3 is 1.64 bits per heavy atom. The molecule has 8 aromatic rings. The number of hydrogen-bond donors (Lipinski definition) is 1. The number of rotatable bonds is 7. The summed E-state index contributed by atoms with van der Waals surface area (Å²) in [6.45, 7) is 4.73. The molecule has 8 aromatic carbocycles. The lowest BCUT2D eigenvalue weighted by atomic mass is 9.82. The quantitative estimate of drug-likeness (QED) is 0.175. The van der Waals surface area contributed by atoms with Gasteiger partial charge >= 0.3 is 0 Å². The van der Waals surface area contributed by atoms with Crippen LogP contribution in [0.25, 0.3) is 44.9 Å². The summed E-state index contributed by atoms with van der Waals surface area (Å²) in [5, 5.41) is 2.40. The van der Waals surface area contributed by atoms with E-state index in [4.69, 9.17) is 0 Å².